The molecule has 0 spiro atoms. The normalized spacial score (nSPS) is 48.9. The third-order valence-corrected chi connectivity index (χ3v) is 16.6. The Morgan fingerprint density at radius 2 is 0.636 bits per heavy atom. The van der Waals surface area contributed by atoms with Crippen molar-refractivity contribution in [3.63, 3.8) is 0 Å². The van der Waals surface area contributed by atoms with Crippen molar-refractivity contribution in [2.24, 2.45) is 23.7 Å². The second-order valence-corrected chi connectivity index (χ2v) is 16.0. The molecule has 44 heavy (non-hydrogen) atoms. The molecule has 0 aromatic heterocycles. The quantitative estimate of drug-likeness (QED) is 0.230. The number of fused-ring (bicyclic) bond motifs is 12. The maximum atomic E-state index is 12.0. The minimum atomic E-state index is -1.88. The van der Waals surface area contributed by atoms with E-state index in [-0.39, 0.29) is 42.4 Å². The maximum absolute atomic E-state index is 12.0. The molecule has 0 heterocycles. The molecule has 2 fully saturated rings. The molecule has 8 nitrogen and oxygen atoms in total. The Bertz CT molecular complexity index is 1350. The molecule has 0 saturated heterocycles. The fourth-order valence-electron chi connectivity index (χ4n) is 9.68. The molecule has 7 rings (SSSR count). The number of aliphatic hydroxyl groups excluding tert-OH is 4. The number of alkyl halides is 4. The number of benzene rings is 1. The Morgan fingerprint density at radius 1 is 0.455 bits per heavy atom. The van der Waals surface area contributed by atoms with Gasteiger partial charge in [0.05, 0.1) is 44.5 Å². The van der Waals surface area contributed by atoms with E-state index in [1.165, 1.54) is 40.6 Å². The van der Waals surface area contributed by atoms with Gasteiger partial charge in [0.1, 0.15) is 19.5 Å². The van der Waals surface area contributed by atoms with Gasteiger partial charge < -0.3 is 39.4 Å². The zero-order valence-corrected chi connectivity index (χ0v) is 29.3. The summed E-state index contributed by atoms with van der Waals surface area (Å²) in [6.45, 7) is 0. The number of halogens is 8. The van der Waals surface area contributed by atoms with Crippen LogP contribution in [0.1, 0.15) is 46.7 Å². The highest BCUT2D eigenvalue weighted by atomic mass is 35.5. The zero-order valence-electron chi connectivity index (χ0n) is 23.2. The lowest BCUT2D eigenvalue weighted by Gasteiger charge is -2.48. The van der Waals surface area contributed by atoms with E-state index in [0.717, 1.165) is 0 Å². The smallest absolute Gasteiger partial charge is 0.217 e. The van der Waals surface area contributed by atoms with Gasteiger partial charge in [-0.15, -0.1) is 46.4 Å². The van der Waals surface area contributed by atoms with Crippen molar-refractivity contribution in [3.8, 4) is 0 Å². The van der Waals surface area contributed by atoms with Gasteiger partial charge in [-0.05, 0) is 34.4 Å². The highest BCUT2D eigenvalue weighted by Crippen LogP contribution is 2.80. The van der Waals surface area contributed by atoms with Gasteiger partial charge >= 0.3 is 0 Å². The Morgan fingerprint density at radius 3 is 0.795 bits per heavy atom. The van der Waals surface area contributed by atoms with Crippen LogP contribution in [0.25, 0.3) is 0 Å². The molecule has 0 aliphatic heterocycles. The van der Waals surface area contributed by atoms with E-state index in [9.17, 15) is 20.4 Å². The number of hydrogen-bond donors (Lipinski definition) is 4. The molecule has 2 saturated carbocycles. The van der Waals surface area contributed by atoms with Crippen LogP contribution in [0.2, 0.25) is 0 Å². The number of methoxy groups -OCH3 is 4. The van der Waals surface area contributed by atoms with Crippen LogP contribution >= 0.6 is 92.8 Å². The van der Waals surface area contributed by atoms with Gasteiger partial charge in [0.15, 0.2) is 0 Å². The molecule has 6 aliphatic rings. The van der Waals surface area contributed by atoms with Gasteiger partial charge in [-0.2, -0.15) is 0 Å². The molecule has 16 heteroatoms. The average molecular weight is 774 g/mol. The topological polar surface area (TPSA) is 118 Å². The molecule has 0 radical (unpaired) electrons. The minimum Gasteiger partial charge on any atom is -0.388 e. The van der Waals surface area contributed by atoms with E-state index in [4.69, 9.17) is 112 Å². The molecule has 4 N–H and O–H groups in total. The van der Waals surface area contributed by atoms with E-state index in [2.05, 4.69) is 0 Å². The second kappa shape index (κ2) is 9.69. The summed E-state index contributed by atoms with van der Waals surface area (Å²) in [7, 11) is 5.25. The number of hydrogen-bond acceptors (Lipinski definition) is 8. The van der Waals surface area contributed by atoms with Gasteiger partial charge in [0, 0.05) is 52.1 Å². The highest BCUT2D eigenvalue weighted by molar-refractivity contribution is 6.53. The summed E-state index contributed by atoms with van der Waals surface area (Å²) in [5.41, 5.74) is 0.809. The summed E-state index contributed by atoms with van der Waals surface area (Å²) in [6.07, 6.45) is -5.70. The maximum Gasteiger partial charge on any atom is 0.217 e. The van der Waals surface area contributed by atoms with Crippen molar-refractivity contribution in [1.29, 1.82) is 0 Å². The Hall–Kier alpha value is 0.700. The molecule has 0 amide bonds. The first kappa shape index (κ1) is 33.2. The summed E-state index contributed by atoms with van der Waals surface area (Å²) >= 11 is 55.7. The van der Waals surface area contributed by atoms with E-state index < -0.39 is 79.2 Å². The zero-order chi connectivity index (χ0) is 32.5. The van der Waals surface area contributed by atoms with Crippen molar-refractivity contribution in [1.82, 2.24) is 0 Å². The summed E-state index contributed by atoms with van der Waals surface area (Å²) < 4.78 is 23.1. The van der Waals surface area contributed by atoms with Crippen LogP contribution in [0, 0.1) is 23.7 Å². The predicted octanol–water partition coefficient (Wildman–Crippen LogP) is 5.63. The average Bonchev–Trinajstić information content (AvgIpc) is 3.42. The fourth-order valence-corrected chi connectivity index (χ4v) is 14.2. The third-order valence-electron chi connectivity index (χ3n) is 11.3. The Balaban J connectivity index is 1.43. The van der Waals surface area contributed by atoms with Crippen LogP contribution in [-0.4, -0.2) is 79.9 Å². The Labute approximate surface area is 292 Å². The van der Waals surface area contributed by atoms with Crippen LogP contribution in [0.4, 0.5) is 0 Å². The third kappa shape index (κ3) is 2.88. The van der Waals surface area contributed by atoms with E-state index >= 15 is 0 Å². The van der Waals surface area contributed by atoms with Crippen LogP contribution in [0.3, 0.4) is 0 Å². The molecule has 1 aromatic rings. The summed E-state index contributed by atoms with van der Waals surface area (Å²) in [5.74, 6) is -8.07. The van der Waals surface area contributed by atoms with Crippen LogP contribution in [0.15, 0.2) is 32.3 Å². The number of ether oxygens (including phenoxy) is 4. The molecular formula is C28H26Cl8O8. The lowest BCUT2D eigenvalue weighted by Crippen LogP contribution is -2.57. The van der Waals surface area contributed by atoms with Gasteiger partial charge in [-0.1, -0.05) is 46.4 Å². The van der Waals surface area contributed by atoms with Gasteiger partial charge in [-0.25, -0.2) is 0 Å². The van der Waals surface area contributed by atoms with Gasteiger partial charge in [-0.3, -0.25) is 0 Å². The summed E-state index contributed by atoms with van der Waals surface area (Å²) in [6, 6.07) is 2.97. The largest absolute Gasteiger partial charge is 0.388 e. The first-order valence-corrected chi connectivity index (χ1v) is 16.5. The fraction of sp³-hybridized carbons (Fsp3) is 0.643. The van der Waals surface area contributed by atoms with E-state index in [1.54, 1.807) is 0 Å². The van der Waals surface area contributed by atoms with Gasteiger partial charge in [0.2, 0.25) is 11.6 Å². The number of rotatable bonds is 4. The number of aliphatic hydroxyl groups is 4. The first-order chi connectivity index (χ1) is 20.5. The Kier molecular flexibility index (Phi) is 7.31. The predicted molar refractivity (Wildman–Crippen MR) is 166 cm³/mol. The van der Waals surface area contributed by atoms with Crippen molar-refractivity contribution >= 4 is 92.8 Å². The highest BCUT2D eigenvalue weighted by Gasteiger charge is 2.89. The first-order valence-electron chi connectivity index (χ1n) is 13.5. The van der Waals surface area contributed by atoms with Crippen LogP contribution in [0.5, 0.6) is 0 Å². The SMILES string of the molecule is COC1(OC)C2(Cl)C(Cl)=C(Cl)C1(Cl)C1C(O)c3cc4c(cc3C(O)C12)C(O)C1C(C4O)C2(Cl)C(Cl)=C(Cl)C1(Cl)C2(OC)OC. The lowest BCUT2D eigenvalue weighted by molar-refractivity contribution is -0.222. The van der Waals surface area contributed by atoms with Gasteiger partial charge in [0.25, 0.3) is 0 Å². The van der Waals surface area contributed by atoms with Crippen molar-refractivity contribution in [3.05, 3.63) is 54.5 Å². The lowest BCUT2D eigenvalue weighted by atomic mass is 9.63. The van der Waals surface area contributed by atoms with Crippen molar-refractivity contribution in [2.75, 3.05) is 28.4 Å². The molecule has 12 unspecified atom stereocenters. The van der Waals surface area contributed by atoms with Crippen molar-refractivity contribution < 1.29 is 39.4 Å². The monoisotopic (exact) mass is 770 g/mol. The molecule has 4 bridgehead atoms. The molecule has 12 atom stereocenters. The van der Waals surface area contributed by atoms with Crippen LogP contribution < -0.4 is 0 Å². The minimum absolute atomic E-state index is 0.0843. The standard InChI is InChI=1S/C28H26Cl8O8/c1-41-27(42-2)23(33)11-12(24(27,34)20(30)19(23)29)16(38)8-6-10-9(5-7(8)15(11)37)17(39)13-14(18(10)40)26(36)22(32)21(31)25(13,35)28(26,43-3)44-4/h5-6,11-18,37-40H,1-4H3. The van der Waals surface area contributed by atoms with Crippen molar-refractivity contribution in [2.45, 2.75) is 55.5 Å². The van der Waals surface area contributed by atoms with Crippen LogP contribution in [-0.2, 0) is 18.9 Å². The molecule has 6 aliphatic carbocycles. The molecular weight excluding hydrogens is 748 g/mol. The summed E-state index contributed by atoms with van der Waals surface area (Å²) in [5, 5.41) is 47.6. The summed E-state index contributed by atoms with van der Waals surface area (Å²) in [4.78, 5) is -7.28. The second-order valence-electron chi connectivity index (χ2n) is 12.1. The van der Waals surface area contributed by atoms with E-state index in [0.29, 0.717) is 0 Å². The molecule has 242 valence electrons. The van der Waals surface area contributed by atoms with E-state index in [1.807, 2.05) is 0 Å². The molecule has 1 aromatic carbocycles.